The highest BCUT2D eigenvalue weighted by Crippen LogP contribution is 2.27. The maximum absolute atomic E-state index is 14.4. The van der Waals surface area contributed by atoms with E-state index in [0.717, 1.165) is 5.56 Å². The molecule has 26 heavy (non-hydrogen) atoms. The summed E-state index contributed by atoms with van der Waals surface area (Å²) < 4.78 is 33.4. The Bertz CT molecular complexity index is 947. The van der Waals surface area contributed by atoms with Gasteiger partial charge in [-0.2, -0.15) is 0 Å². The predicted molar refractivity (Wildman–Crippen MR) is 97.3 cm³/mol. The van der Waals surface area contributed by atoms with E-state index in [2.05, 4.69) is 0 Å². The van der Waals surface area contributed by atoms with E-state index < -0.39 is 11.8 Å². The van der Waals surface area contributed by atoms with Crippen LogP contribution in [0.4, 0.5) is 8.78 Å². The molecule has 0 spiro atoms. The average Bonchev–Trinajstić information content (AvgIpc) is 2.63. The maximum atomic E-state index is 14.4. The third-order valence-electron chi connectivity index (χ3n) is 4.19. The van der Waals surface area contributed by atoms with E-state index in [1.807, 2.05) is 13.8 Å². The highest BCUT2D eigenvalue weighted by atomic mass is 19.1. The molecule has 0 radical (unpaired) electrons. The van der Waals surface area contributed by atoms with Gasteiger partial charge in [-0.15, -0.1) is 0 Å². The van der Waals surface area contributed by atoms with Gasteiger partial charge in [0.25, 0.3) is 0 Å². The fourth-order valence-corrected chi connectivity index (χ4v) is 2.63. The molecule has 0 unspecified atom stereocenters. The van der Waals surface area contributed by atoms with Crippen molar-refractivity contribution in [3.05, 3.63) is 89.0 Å². The average molecular weight is 352 g/mol. The molecular weight excluding hydrogens is 334 g/mol. The van der Waals surface area contributed by atoms with Gasteiger partial charge in [0.1, 0.15) is 5.82 Å². The molecule has 3 rings (SSSR count). The van der Waals surface area contributed by atoms with Crippen LogP contribution in [0.3, 0.4) is 0 Å². The maximum Gasteiger partial charge on any atom is 0.343 e. The van der Waals surface area contributed by atoms with Crippen LogP contribution in [0.15, 0.2) is 60.7 Å². The number of esters is 1. The molecular formula is C22H18F2O2. The van der Waals surface area contributed by atoms with Gasteiger partial charge < -0.3 is 4.74 Å². The summed E-state index contributed by atoms with van der Waals surface area (Å²) in [6.45, 7) is 3.78. The van der Waals surface area contributed by atoms with Gasteiger partial charge in [-0.3, -0.25) is 0 Å². The van der Waals surface area contributed by atoms with E-state index in [0.29, 0.717) is 28.7 Å². The van der Waals surface area contributed by atoms with E-state index >= 15 is 0 Å². The monoisotopic (exact) mass is 352 g/mol. The molecule has 0 amide bonds. The van der Waals surface area contributed by atoms with Crippen molar-refractivity contribution in [3.63, 3.8) is 0 Å². The molecule has 3 aromatic rings. The zero-order chi connectivity index (χ0) is 18.7. The standard InChI is InChI=1S/C22H18F2O2/c1-3-15-8-9-17(12-19(15)23)18-10-11-21(20(24)13-18)26-22(25)16-6-4-14(2)5-7-16/h4-13H,3H2,1-2H3. The quantitative estimate of drug-likeness (QED) is 0.443. The second-order valence-electron chi connectivity index (χ2n) is 6.06. The number of carbonyl (C=O) groups is 1. The molecule has 0 bridgehead atoms. The number of benzene rings is 3. The first kappa shape index (κ1) is 17.8. The summed E-state index contributed by atoms with van der Waals surface area (Å²) in [6.07, 6.45) is 0.592. The molecule has 0 heterocycles. The Balaban J connectivity index is 1.82. The van der Waals surface area contributed by atoms with E-state index in [1.54, 1.807) is 42.5 Å². The van der Waals surface area contributed by atoms with Crippen molar-refractivity contribution >= 4 is 5.97 Å². The van der Waals surface area contributed by atoms with Crippen molar-refractivity contribution in [2.24, 2.45) is 0 Å². The molecule has 2 nitrogen and oxygen atoms in total. The van der Waals surface area contributed by atoms with Crippen LogP contribution in [-0.4, -0.2) is 5.97 Å². The van der Waals surface area contributed by atoms with Gasteiger partial charge in [0.15, 0.2) is 11.6 Å². The second-order valence-corrected chi connectivity index (χ2v) is 6.06. The minimum Gasteiger partial charge on any atom is -0.420 e. The third kappa shape index (κ3) is 3.80. The van der Waals surface area contributed by atoms with Gasteiger partial charge in [0.05, 0.1) is 5.56 Å². The largest absolute Gasteiger partial charge is 0.420 e. The topological polar surface area (TPSA) is 26.3 Å². The molecule has 4 heteroatoms. The molecule has 132 valence electrons. The molecule has 0 saturated carbocycles. The molecule has 0 saturated heterocycles. The van der Waals surface area contributed by atoms with Crippen LogP contribution in [0, 0.1) is 18.6 Å². The van der Waals surface area contributed by atoms with Crippen LogP contribution in [0.1, 0.15) is 28.4 Å². The Kier molecular flexibility index (Phi) is 5.12. The van der Waals surface area contributed by atoms with Gasteiger partial charge in [-0.1, -0.05) is 42.8 Å². The lowest BCUT2D eigenvalue weighted by atomic mass is 10.0. The summed E-state index contributed by atoms with van der Waals surface area (Å²) in [4.78, 5) is 12.1. The molecule has 0 aliphatic rings. The first-order valence-electron chi connectivity index (χ1n) is 8.35. The minimum absolute atomic E-state index is 0.162. The van der Waals surface area contributed by atoms with Crippen molar-refractivity contribution in [3.8, 4) is 16.9 Å². The third-order valence-corrected chi connectivity index (χ3v) is 4.19. The number of aryl methyl sites for hydroxylation is 2. The van der Waals surface area contributed by atoms with Gasteiger partial charge >= 0.3 is 5.97 Å². The lowest BCUT2D eigenvalue weighted by Crippen LogP contribution is -2.09. The van der Waals surface area contributed by atoms with Crippen molar-refractivity contribution in [1.29, 1.82) is 0 Å². The Labute approximate surface area is 151 Å². The van der Waals surface area contributed by atoms with Gasteiger partial charge in [0, 0.05) is 0 Å². The van der Waals surface area contributed by atoms with Crippen LogP contribution >= 0.6 is 0 Å². The van der Waals surface area contributed by atoms with Crippen molar-refractivity contribution in [2.75, 3.05) is 0 Å². The van der Waals surface area contributed by atoms with Crippen LogP contribution in [0.25, 0.3) is 11.1 Å². The number of halogens is 2. The molecule has 0 atom stereocenters. The summed E-state index contributed by atoms with van der Waals surface area (Å²) in [7, 11) is 0. The van der Waals surface area contributed by atoms with E-state index in [4.69, 9.17) is 4.74 Å². The normalized spacial score (nSPS) is 10.6. The van der Waals surface area contributed by atoms with Gasteiger partial charge in [0.2, 0.25) is 0 Å². The van der Waals surface area contributed by atoms with Crippen molar-refractivity contribution < 1.29 is 18.3 Å². The summed E-state index contributed by atoms with van der Waals surface area (Å²) in [6, 6.07) is 15.8. The van der Waals surface area contributed by atoms with Gasteiger partial charge in [-0.25, -0.2) is 13.6 Å². The smallest absolute Gasteiger partial charge is 0.343 e. The second kappa shape index (κ2) is 7.48. The summed E-state index contributed by atoms with van der Waals surface area (Å²) in [5, 5.41) is 0. The molecule has 0 N–H and O–H groups in total. The lowest BCUT2D eigenvalue weighted by Gasteiger charge is -2.09. The van der Waals surface area contributed by atoms with Crippen LogP contribution < -0.4 is 4.74 Å². The van der Waals surface area contributed by atoms with Crippen molar-refractivity contribution in [2.45, 2.75) is 20.3 Å². The summed E-state index contributed by atoms with van der Waals surface area (Å²) in [5.41, 5.74) is 3.04. The molecule has 3 aromatic carbocycles. The first-order valence-corrected chi connectivity index (χ1v) is 8.35. The Hall–Kier alpha value is -3.01. The number of rotatable bonds is 4. The zero-order valence-electron chi connectivity index (χ0n) is 14.6. The van der Waals surface area contributed by atoms with E-state index in [1.165, 1.54) is 18.2 Å². The lowest BCUT2D eigenvalue weighted by molar-refractivity contribution is 0.0728. The number of hydrogen-bond acceptors (Lipinski definition) is 2. The first-order chi connectivity index (χ1) is 12.5. The number of carbonyl (C=O) groups excluding carboxylic acids is 1. The molecule has 0 fully saturated rings. The Morgan fingerprint density at radius 3 is 2.08 bits per heavy atom. The SMILES string of the molecule is CCc1ccc(-c2ccc(OC(=O)c3ccc(C)cc3)c(F)c2)cc1F. The van der Waals surface area contributed by atoms with Gasteiger partial charge in [-0.05, 0) is 60.4 Å². The van der Waals surface area contributed by atoms with E-state index in [-0.39, 0.29) is 11.6 Å². The molecule has 0 aromatic heterocycles. The predicted octanol–water partition coefficient (Wildman–Crippen LogP) is 5.72. The zero-order valence-corrected chi connectivity index (χ0v) is 14.6. The van der Waals surface area contributed by atoms with E-state index in [9.17, 15) is 13.6 Å². The Morgan fingerprint density at radius 2 is 1.50 bits per heavy atom. The Morgan fingerprint density at radius 1 is 0.885 bits per heavy atom. The fourth-order valence-electron chi connectivity index (χ4n) is 2.63. The summed E-state index contributed by atoms with van der Waals surface area (Å²) >= 11 is 0. The van der Waals surface area contributed by atoms with Crippen molar-refractivity contribution in [1.82, 2.24) is 0 Å². The van der Waals surface area contributed by atoms with Crippen LogP contribution in [0.5, 0.6) is 5.75 Å². The number of hydrogen-bond donors (Lipinski definition) is 0. The molecule has 0 aliphatic heterocycles. The number of ether oxygens (including phenoxy) is 1. The molecule has 0 aliphatic carbocycles. The highest BCUT2D eigenvalue weighted by molar-refractivity contribution is 5.91. The highest BCUT2D eigenvalue weighted by Gasteiger charge is 2.13. The fraction of sp³-hybridized carbons (Fsp3) is 0.136. The van der Waals surface area contributed by atoms with Crippen LogP contribution in [0.2, 0.25) is 0 Å². The summed E-state index contributed by atoms with van der Waals surface area (Å²) in [5.74, 6) is -1.79. The minimum atomic E-state index is -0.678. The van der Waals surface area contributed by atoms with Crippen LogP contribution in [-0.2, 0) is 6.42 Å².